The number of aliphatic hydroxyl groups is 1. The Hall–Kier alpha value is -0.410. The zero-order valence-corrected chi connectivity index (χ0v) is 14.7. The average molecular weight is 381 g/mol. The minimum atomic E-state index is -3.58. The Labute approximate surface area is 133 Å². The van der Waals surface area contributed by atoms with Gasteiger partial charge in [0.05, 0.1) is 0 Å². The fourth-order valence-electron chi connectivity index (χ4n) is 2.43. The molecule has 0 aliphatic carbocycles. The Morgan fingerprint density at radius 2 is 2.00 bits per heavy atom. The van der Waals surface area contributed by atoms with Crippen molar-refractivity contribution in [3.8, 4) is 0 Å². The fourth-order valence-corrected chi connectivity index (χ4v) is 4.82. The minimum absolute atomic E-state index is 0.0866. The number of hydrogen-bond acceptors (Lipinski definition) is 5. The molecule has 6 nitrogen and oxygen atoms in total. The van der Waals surface area contributed by atoms with Gasteiger partial charge in [0.1, 0.15) is 17.3 Å². The summed E-state index contributed by atoms with van der Waals surface area (Å²) < 4.78 is 32.0. The summed E-state index contributed by atoms with van der Waals surface area (Å²) in [6, 6.07) is 1.84. The van der Waals surface area contributed by atoms with E-state index in [0.29, 0.717) is 19.1 Å². The lowest BCUT2D eigenvalue weighted by Crippen LogP contribution is -2.51. The van der Waals surface area contributed by atoms with Gasteiger partial charge in [-0.1, -0.05) is 6.92 Å². The molecule has 1 atom stereocenters. The van der Waals surface area contributed by atoms with Gasteiger partial charge in [-0.3, -0.25) is 4.90 Å². The molecule has 1 aromatic rings. The quantitative estimate of drug-likeness (QED) is 0.840. The molecule has 1 unspecified atom stereocenters. The van der Waals surface area contributed by atoms with E-state index in [4.69, 9.17) is 9.52 Å². The van der Waals surface area contributed by atoms with Gasteiger partial charge >= 0.3 is 0 Å². The van der Waals surface area contributed by atoms with Gasteiger partial charge < -0.3 is 9.52 Å². The molecule has 8 heteroatoms. The lowest BCUT2D eigenvalue weighted by molar-refractivity contribution is 0.142. The highest BCUT2D eigenvalue weighted by molar-refractivity contribution is 9.10. The summed E-state index contributed by atoms with van der Waals surface area (Å²) in [5.74, 6) is 0.235. The summed E-state index contributed by atoms with van der Waals surface area (Å²) in [5, 5.41) is 9.04. The summed E-state index contributed by atoms with van der Waals surface area (Å²) in [4.78, 5) is 2.39. The van der Waals surface area contributed by atoms with E-state index in [1.165, 1.54) is 10.4 Å². The van der Waals surface area contributed by atoms with E-state index < -0.39 is 10.0 Å². The Balaban J connectivity index is 2.13. The van der Waals surface area contributed by atoms with Crippen LogP contribution in [-0.4, -0.2) is 55.0 Å². The molecule has 0 aromatic carbocycles. The first-order valence-corrected chi connectivity index (χ1v) is 9.26. The smallest absolute Gasteiger partial charge is 0.247 e. The van der Waals surface area contributed by atoms with Crippen molar-refractivity contribution in [2.75, 3.05) is 26.2 Å². The molecule has 0 radical (unpaired) electrons. The maximum absolute atomic E-state index is 12.6. The van der Waals surface area contributed by atoms with E-state index in [-0.39, 0.29) is 21.9 Å². The summed E-state index contributed by atoms with van der Waals surface area (Å²) in [6.07, 6.45) is 1.06. The SMILES string of the molecule is CCC(C)N1CCN(S(=O)(=O)c2cc(CO)oc2Br)CC1. The van der Waals surface area contributed by atoms with Crippen LogP contribution >= 0.6 is 15.9 Å². The van der Waals surface area contributed by atoms with E-state index >= 15 is 0 Å². The van der Waals surface area contributed by atoms with Crippen molar-refractivity contribution < 1.29 is 17.9 Å². The second kappa shape index (κ2) is 6.78. The number of piperazine rings is 1. The van der Waals surface area contributed by atoms with Crippen molar-refractivity contribution in [2.45, 2.75) is 37.8 Å². The van der Waals surface area contributed by atoms with Crippen LogP contribution in [0.15, 0.2) is 20.0 Å². The van der Waals surface area contributed by atoms with Crippen LogP contribution in [0.1, 0.15) is 26.0 Å². The van der Waals surface area contributed by atoms with E-state index in [0.717, 1.165) is 19.5 Å². The van der Waals surface area contributed by atoms with Crippen molar-refractivity contribution in [2.24, 2.45) is 0 Å². The number of nitrogens with zero attached hydrogens (tertiary/aromatic N) is 2. The highest BCUT2D eigenvalue weighted by Gasteiger charge is 2.32. The number of rotatable bonds is 5. The molecule has 0 bridgehead atoms. The van der Waals surface area contributed by atoms with Crippen LogP contribution in [0.4, 0.5) is 0 Å². The molecule has 1 saturated heterocycles. The Morgan fingerprint density at radius 1 is 1.38 bits per heavy atom. The van der Waals surface area contributed by atoms with E-state index in [1.807, 2.05) is 0 Å². The highest BCUT2D eigenvalue weighted by Crippen LogP contribution is 2.29. The fraction of sp³-hybridized carbons (Fsp3) is 0.692. The predicted molar refractivity (Wildman–Crippen MR) is 82.4 cm³/mol. The second-order valence-electron chi connectivity index (χ2n) is 5.21. The van der Waals surface area contributed by atoms with Gasteiger partial charge in [-0.05, 0) is 29.3 Å². The van der Waals surface area contributed by atoms with Gasteiger partial charge in [-0.15, -0.1) is 0 Å². The van der Waals surface area contributed by atoms with Crippen LogP contribution in [0.25, 0.3) is 0 Å². The predicted octanol–water partition coefficient (Wildman–Crippen LogP) is 1.64. The first-order valence-electron chi connectivity index (χ1n) is 7.03. The van der Waals surface area contributed by atoms with Crippen molar-refractivity contribution in [1.82, 2.24) is 9.21 Å². The van der Waals surface area contributed by atoms with Gasteiger partial charge in [-0.25, -0.2) is 8.42 Å². The zero-order valence-electron chi connectivity index (χ0n) is 12.2. The maximum Gasteiger partial charge on any atom is 0.247 e. The molecule has 0 saturated carbocycles. The van der Waals surface area contributed by atoms with E-state index in [2.05, 4.69) is 34.7 Å². The molecular formula is C13H21BrN2O4S. The van der Waals surface area contributed by atoms with Gasteiger partial charge in [0.25, 0.3) is 0 Å². The minimum Gasteiger partial charge on any atom is -0.450 e. The second-order valence-corrected chi connectivity index (χ2v) is 7.83. The maximum atomic E-state index is 12.6. The topological polar surface area (TPSA) is 74.0 Å². The lowest BCUT2D eigenvalue weighted by atomic mass is 10.2. The van der Waals surface area contributed by atoms with Crippen molar-refractivity contribution in [1.29, 1.82) is 0 Å². The van der Waals surface area contributed by atoms with E-state index in [1.54, 1.807) is 0 Å². The molecular weight excluding hydrogens is 360 g/mol. The van der Waals surface area contributed by atoms with Crippen molar-refractivity contribution >= 4 is 26.0 Å². The number of furan rings is 1. The molecule has 2 heterocycles. The molecule has 1 aliphatic heterocycles. The third-order valence-electron chi connectivity index (χ3n) is 3.97. The molecule has 1 aliphatic rings. The summed E-state index contributed by atoms with van der Waals surface area (Å²) in [7, 11) is -3.58. The number of hydrogen-bond donors (Lipinski definition) is 1. The number of halogens is 1. The van der Waals surface area contributed by atoms with Gasteiger partial charge in [0.2, 0.25) is 10.0 Å². The van der Waals surface area contributed by atoms with Crippen LogP contribution in [0.3, 0.4) is 0 Å². The number of aliphatic hydroxyl groups excluding tert-OH is 1. The largest absolute Gasteiger partial charge is 0.450 e. The lowest BCUT2D eigenvalue weighted by Gasteiger charge is -2.36. The van der Waals surface area contributed by atoms with Crippen LogP contribution in [0.2, 0.25) is 0 Å². The zero-order chi connectivity index (χ0) is 15.6. The van der Waals surface area contributed by atoms with Crippen LogP contribution in [-0.2, 0) is 16.6 Å². The normalized spacial score (nSPS) is 19.8. The Morgan fingerprint density at radius 3 is 2.48 bits per heavy atom. The van der Waals surface area contributed by atoms with E-state index in [9.17, 15) is 8.42 Å². The first-order chi connectivity index (χ1) is 9.90. The molecule has 2 rings (SSSR count). The first kappa shape index (κ1) is 17.0. The van der Waals surface area contributed by atoms with Gasteiger partial charge in [-0.2, -0.15) is 4.31 Å². The van der Waals surface area contributed by atoms with Crippen LogP contribution in [0, 0.1) is 0 Å². The third-order valence-corrected chi connectivity index (χ3v) is 6.72. The van der Waals surface area contributed by atoms with Gasteiger partial charge in [0, 0.05) is 38.3 Å². The molecule has 1 N–H and O–H groups in total. The molecule has 21 heavy (non-hydrogen) atoms. The highest BCUT2D eigenvalue weighted by atomic mass is 79.9. The molecule has 0 amide bonds. The van der Waals surface area contributed by atoms with Crippen LogP contribution in [0.5, 0.6) is 0 Å². The summed E-state index contributed by atoms with van der Waals surface area (Å²) >= 11 is 3.11. The van der Waals surface area contributed by atoms with Crippen molar-refractivity contribution in [3.63, 3.8) is 0 Å². The van der Waals surface area contributed by atoms with Crippen molar-refractivity contribution in [3.05, 3.63) is 16.5 Å². The molecule has 1 aromatic heterocycles. The van der Waals surface area contributed by atoms with Gasteiger partial charge in [0.15, 0.2) is 4.67 Å². The summed E-state index contributed by atoms with van der Waals surface area (Å²) in [6.45, 7) is 6.37. The number of sulfonamides is 1. The standard InChI is InChI=1S/C13H21BrN2O4S/c1-3-10(2)15-4-6-16(7-5-15)21(18,19)12-8-11(9-17)20-13(12)14/h8,10,17H,3-7,9H2,1-2H3. The molecule has 120 valence electrons. The monoisotopic (exact) mass is 380 g/mol. The van der Waals surface area contributed by atoms with Crippen LogP contribution < -0.4 is 0 Å². The summed E-state index contributed by atoms with van der Waals surface area (Å²) in [5.41, 5.74) is 0. The Bertz CT molecular complexity index is 579. The average Bonchev–Trinajstić information content (AvgIpc) is 2.88. The molecule has 0 spiro atoms. The third kappa shape index (κ3) is 3.50. The Kier molecular flexibility index (Phi) is 5.48. The molecule has 1 fully saturated rings.